The van der Waals surface area contributed by atoms with Crippen molar-refractivity contribution in [1.82, 2.24) is 9.78 Å². The molecular formula is C10H10N2O3. The number of carboxylic acids is 1. The molecule has 1 heterocycles. The van der Waals surface area contributed by atoms with Crippen LogP contribution in [0.25, 0.3) is 10.9 Å². The van der Waals surface area contributed by atoms with E-state index in [1.165, 1.54) is 6.07 Å². The molecule has 1 aromatic heterocycles. The van der Waals surface area contributed by atoms with Gasteiger partial charge in [-0.2, -0.15) is 0 Å². The lowest BCUT2D eigenvalue weighted by molar-refractivity contribution is 0.0699. The van der Waals surface area contributed by atoms with Crippen molar-refractivity contribution in [2.45, 2.75) is 13.5 Å². The zero-order valence-electron chi connectivity index (χ0n) is 8.15. The van der Waals surface area contributed by atoms with E-state index in [1.54, 1.807) is 16.8 Å². The van der Waals surface area contributed by atoms with E-state index in [4.69, 9.17) is 5.11 Å². The monoisotopic (exact) mass is 206 g/mol. The van der Waals surface area contributed by atoms with Gasteiger partial charge in [0.2, 0.25) is 0 Å². The Morgan fingerprint density at radius 1 is 1.53 bits per heavy atom. The summed E-state index contributed by atoms with van der Waals surface area (Å²) in [4.78, 5) is 22.4. The molecule has 1 aromatic carbocycles. The van der Waals surface area contributed by atoms with Crippen molar-refractivity contribution in [3.05, 3.63) is 34.1 Å². The van der Waals surface area contributed by atoms with E-state index in [0.29, 0.717) is 12.1 Å². The Morgan fingerprint density at radius 2 is 2.27 bits per heavy atom. The lowest BCUT2D eigenvalue weighted by atomic mass is 10.1. The number of nitrogens with one attached hydrogen (secondary N) is 1. The molecule has 0 bridgehead atoms. The molecular weight excluding hydrogens is 196 g/mol. The van der Waals surface area contributed by atoms with Gasteiger partial charge < -0.3 is 5.11 Å². The molecule has 5 heteroatoms. The largest absolute Gasteiger partial charge is 0.478 e. The number of fused-ring (bicyclic) bond motifs is 1. The Balaban J connectivity index is 2.92. The van der Waals surface area contributed by atoms with E-state index in [2.05, 4.69) is 5.10 Å². The molecule has 0 aliphatic carbocycles. The molecule has 0 atom stereocenters. The number of nitrogens with zero attached hydrogens (tertiary/aromatic N) is 1. The molecule has 0 aliphatic heterocycles. The Labute approximate surface area is 84.9 Å². The van der Waals surface area contributed by atoms with Crippen LogP contribution >= 0.6 is 0 Å². The lowest BCUT2D eigenvalue weighted by Gasteiger charge is -1.99. The van der Waals surface area contributed by atoms with E-state index in [-0.39, 0.29) is 16.5 Å². The van der Waals surface area contributed by atoms with Gasteiger partial charge in [0, 0.05) is 6.54 Å². The number of hydrogen-bond acceptors (Lipinski definition) is 2. The van der Waals surface area contributed by atoms with Gasteiger partial charge in [-0.25, -0.2) is 4.79 Å². The van der Waals surface area contributed by atoms with E-state index in [0.717, 1.165) is 0 Å². The highest BCUT2D eigenvalue weighted by atomic mass is 16.4. The van der Waals surface area contributed by atoms with E-state index in [9.17, 15) is 9.59 Å². The number of rotatable bonds is 2. The van der Waals surface area contributed by atoms with Crippen LogP contribution in [0.15, 0.2) is 23.0 Å². The maximum absolute atomic E-state index is 11.5. The van der Waals surface area contributed by atoms with Crippen molar-refractivity contribution in [3.63, 3.8) is 0 Å². The van der Waals surface area contributed by atoms with Gasteiger partial charge in [-0.05, 0) is 19.1 Å². The summed E-state index contributed by atoms with van der Waals surface area (Å²) in [6.07, 6.45) is 0. The molecule has 0 fully saturated rings. The molecule has 78 valence electrons. The first-order chi connectivity index (χ1) is 7.15. The van der Waals surface area contributed by atoms with Gasteiger partial charge in [0.15, 0.2) is 0 Å². The zero-order valence-corrected chi connectivity index (χ0v) is 8.15. The van der Waals surface area contributed by atoms with Gasteiger partial charge in [0.05, 0.1) is 16.5 Å². The summed E-state index contributed by atoms with van der Waals surface area (Å²) in [5, 5.41) is 11.8. The van der Waals surface area contributed by atoms with Crippen LogP contribution < -0.4 is 5.56 Å². The minimum Gasteiger partial charge on any atom is -0.478 e. The summed E-state index contributed by atoms with van der Waals surface area (Å²) < 4.78 is 1.63. The molecule has 0 amide bonds. The summed E-state index contributed by atoms with van der Waals surface area (Å²) >= 11 is 0. The average Bonchev–Trinajstić information content (AvgIpc) is 2.55. The number of aromatic carboxylic acids is 1. The van der Waals surface area contributed by atoms with Crippen LogP contribution in [0.3, 0.4) is 0 Å². The van der Waals surface area contributed by atoms with Gasteiger partial charge in [-0.15, -0.1) is 0 Å². The van der Waals surface area contributed by atoms with Gasteiger partial charge in [-0.3, -0.25) is 14.6 Å². The van der Waals surface area contributed by atoms with Gasteiger partial charge in [0.1, 0.15) is 0 Å². The summed E-state index contributed by atoms with van der Waals surface area (Å²) in [6.45, 7) is 2.48. The molecule has 15 heavy (non-hydrogen) atoms. The summed E-state index contributed by atoms with van der Waals surface area (Å²) in [5.74, 6) is -1.08. The molecule has 0 spiro atoms. The van der Waals surface area contributed by atoms with Crippen molar-refractivity contribution in [2.24, 2.45) is 0 Å². The number of hydrogen-bond donors (Lipinski definition) is 2. The maximum Gasteiger partial charge on any atom is 0.336 e. The predicted molar refractivity (Wildman–Crippen MR) is 55.2 cm³/mol. The molecule has 0 aliphatic rings. The quantitative estimate of drug-likeness (QED) is 0.771. The van der Waals surface area contributed by atoms with Crippen molar-refractivity contribution >= 4 is 16.9 Å². The second-order valence-electron chi connectivity index (χ2n) is 3.19. The molecule has 2 rings (SSSR count). The van der Waals surface area contributed by atoms with Crippen LogP contribution in [-0.2, 0) is 6.54 Å². The van der Waals surface area contributed by atoms with Crippen LogP contribution in [0.2, 0.25) is 0 Å². The number of H-pyrrole nitrogens is 1. The fourth-order valence-electron chi connectivity index (χ4n) is 1.67. The molecule has 0 radical (unpaired) electrons. The Morgan fingerprint density at radius 3 is 2.87 bits per heavy atom. The molecule has 2 N–H and O–H groups in total. The van der Waals surface area contributed by atoms with Crippen molar-refractivity contribution < 1.29 is 9.90 Å². The minimum absolute atomic E-state index is 0.0425. The topological polar surface area (TPSA) is 75.1 Å². The van der Waals surface area contributed by atoms with E-state index < -0.39 is 5.97 Å². The molecule has 0 unspecified atom stereocenters. The third-order valence-corrected chi connectivity index (χ3v) is 2.34. The van der Waals surface area contributed by atoms with Crippen molar-refractivity contribution in [1.29, 1.82) is 0 Å². The average molecular weight is 206 g/mol. The van der Waals surface area contributed by atoms with E-state index >= 15 is 0 Å². The van der Waals surface area contributed by atoms with Crippen molar-refractivity contribution in [3.8, 4) is 0 Å². The lowest BCUT2D eigenvalue weighted by Crippen LogP contribution is -2.06. The maximum atomic E-state index is 11.5. The molecule has 5 nitrogen and oxygen atoms in total. The Bertz CT molecular complexity index is 580. The number of benzene rings is 1. The van der Waals surface area contributed by atoms with Crippen LogP contribution in [0, 0.1) is 0 Å². The summed E-state index contributed by atoms with van der Waals surface area (Å²) in [6, 6.07) is 4.79. The van der Waals surface area contributed by atoms with Crippen LogP contribution in [-0.4, -0.2) is 20.9 Å². The fraction of sp³-hybridized carbons (Fsp3) is 0.200. The zero-order chi connectivity index (χ0) is 11.0. The van der Waals surface area contributed by atoms with Crippen LogP contribution in [0.4, 0.5) is 0 Å². The number of aromatic amines is 1. The highest BCUT2D eigenvalue weighted by molar-refractivity contribution is 6.02. The summed E-state index contributed by atoms with van der Waals surface area (Å²) in [5.41, 5.74) is 0.313. The Kier molecular flexibility index (Phi) is 2.07. The smallest absolute Gasteiger partial charge is 0.336 e. The molecule has 2 aromatic rings. The minimum atomic E-state index is -1.08. The molecule has 0 saturated heterocycles. The third kappa shape index (κ3) is 1.32. The second kappa shape index (κ2) is 3.27. The number of aromatic nitrogens is 2. The van der Waals surface area contributed by atoms with Crippen LogP contribution in [0.5, 0.6) is 0 Å². The standard InChI is InChI=1S/C10H10N2O3/c1-2-12-7-5-3-4-6(10(14)15)8(7)9(13)11-12/h3-5H,2H2,1H3,(H,11,13)(H,14,15). The number of carboxylic acid groups (broad SMARTS) is 1. The predicted octanol–water partition coefficient (Wildman–Crippen LogP) is 1.05. The first-order valence-corrected chi connectivity index (χ1v) is 4.60. The SMILES string of the molecule is CCn1[nH]c(=O)c2c(C(=O)O)cccc21. The Hall–Kier alpha value is -2.04. The number of aryl methyl sites for hydroxylation is 1. The first kappa shape index (κ1) is 9.51. The highest BCUT2D eigenvalue weighted by Gasteiger charge is 2.14. The third-order valence-electron chi connectivity index (χ3n) is 2.34. The van der Waals surface area contributed by atoms with Gasteiger partial charge >= 0.3 is 5.97 Å². The van der Waals surface area contributed by atoms with E-state index in [1.807, 2.05) is 6.92 Å². The normalized spacial score (nSPS) is 10.7. The fourth-order valence-corrected chi connectivity index (χ4v) is 1.67. The first-order valence-electron chi connectivity index (χ1n) is 4.60. The molecule has 0 saturated carbocycles. The second-order valence-corrected chi connectivity index (χ2v) is 3.19. The number of carbonyl (C=O) groups is 1. The van der Waals surface area contributed by atoms with Gasteiger partial charge in [-0.1, -0.05) is 6.07 Å². The van der Waals surface area contributed by atoms with Gasteiger partial charge in [0.25, 0.3) is 5.56 Å². The highest BCUT2D eigenvalue weighted by Crippen LogP contribution is 2.14. The summed E-state index contributed by atoms with van der Waals surface area (Å²) in [7, 11) is 0. The van der Waals surface area contributed by atoms with Crippen molar-refractivity contribution in [2.75, 3.05) is 0 Å². The van der Waals surface area contributed by atoms with Crippen LogP contribution in [0.1, 0.15) is 17.3 Å².